The number of amides is 2. The summed E-state index contributed by atoms with van der Waals surface area (Å²) < 4.78 is -1.90. The van der Waals surface area contributed by atoms with Crippen molar-refractivity contribution in [1.29, 1.82) is 0 Å². The number of ketones is 1. The predicted octanol–water partition coefficient (Wildman–Crippen LogP) is 2.97. The quantitative estimate of drug-likeness (QED) is 0.0587. The van der Waals surface area contributed by atoms with Crippen LogP contribution in [0.4, 0.5) is 11.9 Å². The monoisotopic (exact) mass is 1090 g/mol. The van der Waals surface area contributed by atoms with Crippen molar-refractivity contribution in [3.8, 4) is 0 Å². The van der Waals surface area contributed by atoms with Gasteiger partial charge in [0.2, 0.25) is 3.79 Å². The van der Waals surface area contributed by atoms with Gasteiger partial charge in [0.1, 0.15) is 5.78 Å². The number of rotatable bonds is 9. The van der Waals surface area contributed by atoms with Crippen molar-refractivity contribution in [2.45, 2.75) is 50.2 Å². The minimum absolute atomic E-state index is 0. The molecule has 0 unspecified atom stereocenters. The van der Waals surface area contributed by atoms with Crippen LogP contribution >= 0.6 is 34.8 Å². The summed E-state index contributed by atoms with van der Waals surface area (Å²) in [7, 11) is 0. The number of aryl methyl sites for hydroxylation is 3. The van der Waals surface area contributed by atoms with Crippen LogP contribution in [0.15, 0.2) is 18.2 Å². The van der Waals surface area contributed by atoms with Crippen molar-refractivity contribution in [3.63, 3.8) is 0 Å². The summed E-state index contributed by atoms with van der Waals surface area (Å²) >= 11 is 16.1. The molecule has 22 heteroatoms. The summed E-state index contributed by atoms with van der Waals surface area (Å²) in [5.74, 6) is 1.13. The average Bonchev–Trinajstić information content (AvgIpc) is 4.00. The molecule has 0 aliphatic heterocycles. The first kappa shape index (κ1) is 53.7. The molecule has 311 valence electrons. The molecule has 5 heterocycles. The molecule has 3 radical (unpaired) electrons. The van der Waals surface area contributed by atoms with Crippen LogP contribution in [-0.4, -0.2) is 82.5 Å². The summed E-state index contributed by atoms with van der Waals surface area (Å²) in [6.45, 7) is 7.77. The maximum atomic E-state index is 12.4. The van der Waals surface area contributed by atoms with Gasteiger partial charge in [0.25, 0.3) is 0 Å². The molecule has 0 bridgehead atoms. The number of H-pyrrole nitrogens is 5. The van der Waals surface area contributed by atoms with Crippen LogP contribution in [0.3, 0.4) is 0 Å². The van der Waals surface area contributed by atoms with E-state index < -0.39 is 9.58 Å². The van der Waals surface area contributed by atoms with Gasteiger partial charge in [-0.15, -0.1) is 0 Å². The smallest absolute Gasteiger partial charge is 0.237 e. The third-order valence-corrected chi connectivity index (χ3v) is 10.4. The first-order chi connectivity index (χ1) is 26.5. The van der Waals surface area contributed by atoms with Gasteiger partial charge in [-0.2, -0.15) is 0 Å². The van der Waals surface area contributed by atoms with Crippen LogP contribution in [0.5, 0.6) is 0 Å². The fourth-order valence-electron chi connectivity index (χ4n) is 6.85. The van der Waals surface area contributed by atoms with Crippen molar-refractivity contribution in [2.75, 3.05) is 37.6 Å². The molecular formula is C37H47Cl3N13O3Y3-3. The molecule has 59 heavy (non-hydrogen) atoms. The zero-order chi connectivity index (χ0) is 40.7. The Bertz CT molecular complexity index is 2010. The Hall–Kier alpha value is -1.43. The number of halogens is 3. The second-order valence-electron chi connectivity index (χ2n) is 14.0. The zero-order valence-corrected chi connectivity index (χ0v) is 43.8. The fourth-order valence-corrected chi connectivity index (χ4v) is 7.15. The Morgan fingerprint density at radius 1 is 0.644 bits per heavy atom. The number of nitrogens with zero attached hydrogens (tertiary/aromatic N) is 2. The second kappa shape index (κ2) is 24.4. The van der Waals surface area contributed by atoms with E-state index in [-0.39, 0.29) is 127 Å². The van der Waals surface area contributed by atoms with Crippen LogP contribution in [0, 0.1) is 62.6 Å². The van der Waals surface area contributed by atoms with Gasteiger partial charge in [-0.1, -0.05) is 57.6 Å². The number of anilines is 2. The van der Waals surface area contributed by atoms with Gasteiger partial charge in [0.05, 0.1) is 11.4 Å². The molecule has 5 aromatic heterocycles. The maximum absolute atomic E-state index is 12.4. The number of nitrogens with one attached hydrogen (secondary N) is 7. The molecule has 2 aliphatic rings. The van der Waals surface area contributed by atoms with Gasteiger partial charge in [0.15, 0.2) is 23.7 Å². The molecule has 0 saturated carbocycles. The largest absolute Gasteiger partial charge is 0.449 e. The first-order valence-electron chi connectivity index (χ1n) is 18.0. The van der Waals surface area contributed by atoms with E-state index >= 15 is 0 Å². The predicted molar refractivity (Wildman–Crippen MR) is 215 cm³/mol. The Labute approximate surface area is 433 Å². The number of Topliss-reactive ketones (excluding diaryl/α,β-unsaturated/α-hetero) is 1. The molecule has 5 aromatic rings. The Kier molecular flexibility index (Phi) is 22.2. The van der Waals surface area contributed by atoms with E-state index in [0.29, 0.717) is 74.1 Å². The van der Waals surface area contributed by atoms with Crippen molar-refractivity contribution in [2.24, 2.45) is 35.1 Å². The molecule has 0 saturated heterocycles. The van der Waals surface area contributed by atoms with Crippen molar-refractivity contribution in [3.05, 3.63) is 93.3 Å². The average molecular weight is 1090 g/mol. The Morgan fingerprint density at radius 3 is 1.37 bits per heavy atom. The van der Waals surface area contributed by atoms with Crippen LogP contribution in [0.2, 0.25) is 0 Å². The Balaban J connectivity index is 0.000000345. The SMILES string of the molecule is Cc1[c-]cc(C(=O)C(Cl)(Cl)Cl)[nH]1.Cc1[c-]cc(C(=O)NC[C@H]2Cc3nc(N)[nH]c3C[C@@H]2CNC(=O)c2c[c-]c(C)[nH]2)[nH]1.NC[C@H]1Cc2nc(N)[nH]c2C[C@@H]1CN.[Y].[Y].[Y]. The van der Waals surface area contributed by atoms with Crippen LogP contribution in [0.25, 0.3) is 0 Å². The maximum Gasteiger partial charge on any atom is 0.237 e. The van der Waals surface area contributed by atoms with E-state index in [1.165, 1.54) is 6.07 Å². The van der Waals surface area contributed by atoms with Crippen molar-refractivity contribution >= 4 is 64.3 Å². The molecule has 0 aromatic carbocycles. The minimum atomic E-state index is -1.90. The topological polar surface area (TPSA) is 284 Å². The van der Waals surface area contributed by atoms with E-state index in [1.807, 2.05) is 13.8 Å². The van der Waals surface area contributed by atoms with Crippen molar-refractivity contribution < 1.29 is 113 Å². The van der Waals surface area contributed by atoms with Gasteiger partial charge in [-0.3, -0.25) is 9.59 Å². The number of carbonyl (C=O) groups excluding carboxylic acids is 3. The number of alkyl halides is 3. The molecule has 0 fully saturated rings. The first-order valence-corrected chi connectivity index (χ1v) is 19.1. The van der Waals surface area contributed by atoms with Gasteiger partial charge in [-0.25, -0.2) is 46.4 Å². The fraction of sp³-hybridized carbons (Fsp3) is 0.432. The van der Waals surface area contributed by atoms with Gasteiger partial charge < -0.3 is 63.3 Å². The number of imidazole rings is 2. The van der Waals surface area contributed by atoms with Crippen LogP contribution < -0.4 is 33.6 Å². The third kappa shape index (κ3) is 15.1. The second-order valence-corrected chi connectivity index (χ2v) is 16.3. The molecule has 15 N–H and O–H groups in total. The van der Waals surface area contributed by atoms with Gasteiger partial charge in [0, 0.05) is 123 Å². The number of fused-ring (bicyclic) bond motifs is 2. The molecule has 0 spiro atoms. The summed E-state index contributed by atoms with van der Waals surface area (Å²) in [6, 6.07) is 13.4. The summed E-state index contributed by atoms with van der Waals surface area (Å²) in [5, 5.41) is 5.98. The summed E-state index contributed by atoms with van der Waals surface area (Å²) in [4.78, 5) is 59.6. The standard InChI is InChI=1S/C21H25N7O2.C9H17N5.C7H5Cl3NO.3Y/c1-11-3-5-15(25-11)19(29)23-9-13-7-17-18(28-21(22)27-17)8-14(13)10-24-20(30)16-6-4-12(2)26-16;10-3-5-1-7-8(2-6(5)4-11)14-9(12)13-7;1-4-2-3-5(11-4)6(12)7(8,9)10;;;/h5-6,13-14,25-26H,7-10H2,1-2H3,(H,23,29)(H,24,30)(H3,22,27,28);5-6H,1-4,10-11H2,(H3,12,13,14);3,11H,1H3;;;/q-2;;-1;;;/t13-,14-;5-,6-;;;;/m11..../s1. The van der Waals surface area contributed by atoms with Gasteiger partial charge >= 0.3 is 0 Å². The van der Waals surface area contributed by atoms with Gasteiger partial charge in [-0.05, 0) is 94.6 Å². The number of carbonyl (C=O) groups is 3. The number of nitrogens with two attached hydrogens (primary N) is 4. The number of aromatic amines is 5. The molecular weight excluding hydrogens is 1050 g/mol. The summed E-state index contributed by atoms with van der Waals surface area (Å²) in [6.07, 6.45) is 3.21. The zero-order valence-electron chi connectivity index (χ0n) is 33.0. The van der Waals surface area contributed by atoms with E-state index in [4.69, 9.17) is 57.7 Å². The van der Waals surface area contributed by atoms with Crippen molar-refractivity contribution in [1.82, 2.24) is 45.5 Å². The molecule has 16 nitrogen and oxygen atoms in total. The summed E-state index contributed by atoms with van der Waals surface area (Å²) in [5.41, 5.74) is 30.6. The molecule has 2 amide bonds. The number of hydrogen-bond donors (Lipinski definition) is 11. The molecule has 4 atom stereocenters. The van der Waals surface area contributed by atoms with E-state index in [2.05, 4.69) is 63.7 Å². The van der Waals surface area contributed by atoms with E-state index in [1.54, 1.807) is 19.1 Å². The molecule has 2 aliphatic carbocycles. The minimum Gasteiger partial charge on any atom is -0.449 e. The normalized spacial score (nSPS) is 17.8. The number of nitrogen functional groups attached to an aromatic ring is 2. The third-order valence-electron chi connectivity index (χ3n) is 9.85. The number of hydrogen-bond acceptors (Lipinski definition) is 9. The van der Waals surface area contributed by atoms with Crippen LogP contribution in [0.1, 0.15) is 71.3 Å². The Morgan fingerprint density at radius 2 is 1.00 bits per heavy atom. The molecule has 7 rings (SSSR count). The van der Waals surface area contributed by atoms with E-state index in [0.717, 1.165) is 52.7 Å². The van der Waals surface area contributed by atoms with Crippen LogP contribution in [-0.2, 0) is 124 Å². The van der Waals surface area contributed by atoms with E-state index in [9.17, 15) is 14.4 Å². The number of aromatic nitrogens is 7.